The van der Waals surface area contributed by atoms with Gasteiger partial charge in [-0.15, -0.1) is 0 Å². The van der Waals surface area contributed by atoms with Crippen LogP contribution in [-0.2, 0) is 9.47 Å². The highest BCUT2D eigenvalue weighted by Crippen LogP contribution is 2.16. The molecule has 88 valence electrons. The van der Waals surface area contributed by atoms with Gasteiger partial charge in [0, 0.05) is 4.90 Å². The van der Waals surface area contributed by atoms with Crippen LogP contribution in [-0.4, -0.2) is 18.7 Å². The molecule has 0 amide bonds. The molecule has 16 heavy (non-hydrogen) atoms. The van der Waals surface area contributed by atoms with E-state index in [-0.39, 0.29) is 5.94 Å². The van der Waals surface area contributed by atoms with Crippen LogP contribution in [0.1, 0.15) is 19.8 Å². The molecule has 4 heteroatoms. The zero-order chi connectivity index (χ0) is 11.6. The molecule has 0 aliphatic carbocycles. The summed E-state index contributed by atoms with van der Waals surface area (Å²) in [5.74, 6) is 0.287. The van der Waals surface area contributed by atoms with Crippen molar-refractivity contribution < 1.29 is 14.3 Å². The van der Waals surface area contributed by atoms with Gasteiger partial charge in [-0.3, -0.25) is 0 Å². The number of unbranched alkanes of at least 4 members (excludes halogenated alkanes) is 1. The molecule has 0 aromatic heterocycles. The first-order chi connectivity index (χ1) is 7.83. The Labute approximate surface area is 100 Å². The van der Waals surface area contributed by atoms with E-state index in [2.05, 4.69) is 0 Å². The Hall–Kier alpha value is -1.16. The van der Waals surface area contributed by atoms with Crippen LogP contribution in [0.3, 0.4) is 0 Å². The highest BCUT2D eigenvalue weighted by molar-refractivity contribution is 7.99. The minimum absolute atomic E-state index is 0.287. The summed E-state index contributed by atoms with van der Waals surface area (Å²) in [6.45, 7) is 2.48. The van der Waals surface area contributed by atoms with E-state index >= 15 is 0 Å². The van der Waals surface area contributed by atoms with Gasteiger partial charge in [-0.25, -0.2) is 4.79 Å². The minimum Gasteiger partial charge on any atom is -0.434 e. The molecule has 1 aromatic rings. The summed E-state index contributed by atoms with van der Waals surface area (Å²) in [5, 5.41) is 0. The molecule has 0 fully saturated rings. The normalized spacial score (nSPS) is 9.81. The largest absolute Gasteiger partial charge is 0.509 e. The Morgan fingerprint density at radius 3 is 2.69 bits per heavy atom. The van der Waals surface area contributed by atoms with Crippen molar-refractivity contribution in [3.05, 3.63) is 30.3 Å². The van der Waals surface area contributed by atoms with E-state index in [1.807, 2.05) is 37.3 Å². The van der Waals surface area contributed by atoms with E-state index in [1.165, 1.54) is 11.8 Å². The number of rotatable bonds is 6. The van der Waals surface area contributed by atoms with Gasteiger partial charge in [0.2, 0.25) is 0 Å². The predicted octanol–water partition coefficient (Wildman–Crippen LogP) is 3.69. The lowest BCUT2D eigenvalue weighted by molar-refractivity contribution is 0.0677. The standard InChI is InChI=1S/C12H16O3S/c1-2-3-9-14-12(13)15-10-16-11-7-5-4-6-8-11/h4-8H,2-3,9-10H2,1H3. The van der Waals surface area contributed by atoms with Gasteiger partial charge in [0.1, 0.15) is 5.94 Å². The lowest BCUT2D eigenvalue weighted by atomic mass is 10.4. The van der Waals surface area contributed by atoms with Gasteiger partial charge in [0.25, 0.3) is 0 Å². The number of thioether (sulfide) groups is 1. The topological polar surface area (TPSA) is 35.5 Å². The first-order valence-electron chi connectivity index (χ1n) is 5.30. The maximum atomic E-state index is 11.1. The van der Waals surface area contributed by atoms with Crippen molar-refractivity contribution in [2.45, 2.75) is 24.7 Å². The van der Waals surface area contributed by atoms with Gasteiger partial charge >= 0.3 is 6.16 Å². The summed E-state index contributed by atoms with van der Waals surface area (Å²) in [7, 11) is 0. The fourth-order valence-corrected chi connectivity index (χ4v) is 1.64. The zero-order valence-electron chi connectivity index (χ0n) is 9.35. The summed E-state index contributed by atoms with van der Waals surface area (Å²) in [4.78, 5) is 12.1. The van der Waals surface area contributed by atoms with E-state index in [0.717, 1.165) is 17.7 Å². The van der Waals surface area contributed by atoms with Crippen LogP contribution in [0.15, 0.2) is 35.2 Å². The Bertz CT molecular complexity index is 300. The van der Waals surface area contributed by atoms with E-state index < -0.39 is 6.16 Å². The maximum absolute atomic E-state index is 11.1. The molecule has 1 rings (SSSR count). The first kappa shape index (κ1) is 12.9. The van der Waals surface area contributed by atoms with Crippen LogP contribution in [0.5, 0.6) is 0 Å². The smallest absolute Gasteiger partial charge is 0.434 e. The highest BCUT2D eigenvalue weighted by Gasteiger charge is 2.02. The molecule has 0 unspecified atom stereocenters. The molecular formula is C12H16O3S. The third kappa shape index (κ3) is 5.66. The maximum Gasteiger partial charge on any atom is 0.509 e. The lowest BCUT2D eigenvalue weighted by Crippen LogP contribution is -2.07. The van der Waals surface area contributed by atoms with E-state index in [4.69, 9.17) is 9.47 Å². The van der Waals surface area contributed by atoms with Crippen LogP contribution in [0.25, 0.3) is 0 Å². The van der Waals surface area contributed by atoms with Gasteiger partial charge in [-0.1, -0.05) is 43.3 Å². The van der Waals surface area contributed by atoms with Crippen molar-refractivity contribution in [3.8, 4) is 0 Å². The van der Waals surface area contributed by atoms with Crippen LogP contribution < -0.4 is 0 Å². The number of benzene rings is 1. The van der Waals surface area contributed by atoms with Gasteiger partial charge in [0.05, 0.1) is 6.61 Å². The molecule has 0 aliphatic heterocycles. The second kappa shape index (κ2) is 8.05. The van der Waals surface area contributed by atoms with Gasteiger partial charge < -0.3 is 9.47 Å². The van der Waals surface area contributed by atoms with E-state index in [0.29, 0.717) is 6.61 Å². The van der Waals surface area contributed by atoms with Crippen molar-refractivity contribution in [2.24, 2.45) is 0 Å². The highest BCUT2D eigenvalue weighted by atomic mass is 32.2. The third-order valence-corrected chi connectivity index (χ3v) is 2.70. The molecule has 0 saturated heterocycles. The third-order valence-electron chi connectivity index (χ3n) is 1.86. The van der Waals surface area contributed by atoms with E-state index in [9.17, 15) is 4.79 Å². The average Bonchev–Trinajstić information content (AvgIpc) is 2.31. The van der Waals surface area contributed by atoms with Crippen LogP contribution in [0.4, 0.5) is 4.79 Å². The Kier molecular flexibility index (Phi) is 6.49. The van der Waals surface area contributed by atoms with Gasteiger partial charge in [0.15, 0.2) is 0 Å². The Balaban J connectivity index is 2.09. The molecular weight excluding hydrogens is 224 g/mol. The summed E-state index contributed by atoms with van der Waals surface area (Å²) >= 11 is 1.46. The van der Waals surface area contributed by atoms with Crippen molar-refractivity contribution in [2.75, 3.05) is 12.5 Å². The molecule has 1 aromatic carbocycles. The van der Waals surface area contributed by atoms with Crippen LogP contribution >= 0.6 is 11.8 Å². The van der Waals surface area contributed by atoms with E-state index in [1.54, 1.807) is 0 Å². The number of carbonyl (C=O) groups is 1. The fourth-order valence-electron chi connectivity index (χ4n) is 1.00. The summed E-state index contributed by atoms with van der Waals surface area (Å²) < 4.78 is 9.74. The Morgan fingerprint density at radius 1 is 1.25 bits per heavy atom. The number of hydrogen-bond acceptors (Lipinski definition) is 4. The number of carbonyl (C=O) groups excluding carboxylic acids is 1. The second-order valence-electron chi connectivity index (χ2n) is 3.17. The molecule has 0 spiro atoms. The Morgan fingerprint density at radius 2 is 2.00 bits per heavy atom. The fraction of sp³-hybridized carbons (Fsp3) is 0.417. The lowest BCUT2D eigenvalue weighted by Gasteiger charge is -2.05. The predicted molar refractivity (Wildman–Crippen MR) is 64.5 cm³/mol. The number of ether oxygens (including phenoxy) is 2. The van der Waals surface area contributed by atoms with Crippen LogP contribution in [0, 0.1) is 0 Å². The molecule has 0 atom stereocenters. The SMILES string of the molecule is CCCCOC(=O)OCSc1ccccc1. The van der Waals surface area contributed by atoms with Crippen molar-refractivity contribution in [1.29, 1.82) is 0 Å². The number of hydrogen-bond donors (Lipinski definition) is 0. The first-order valence-corrected chi connectivity index (χ1v) is 6.29. The van der Waals surface area contributed by atoms with Gasteiger partial charge in [-0.2, -0.15) is 0 Å². The molecule has 0 bridgehead atoms. The minimum atomic E-state index is -0.586. The molecule has 0 saturated carbocycles. The second-order valence-corrected chi connectivity index (χ2v) is 4.17. The van der Waals surface area contributed by atoms with Crippen molar-refractivity contribution in [3.63, 3.8) is 0 Å². The molecule has 3 nitrogen and oxygen atoms in total. The monoisotopic (exact) mass is 240 g/mol. The zero-order valence-corrected chi connectivity index (χ0v) is 10.2. The molecule has 0 radical (unpaired) electrons. The van der Waals surface area contributed by atoms with Crippen LogP contribution in [0.2, 0.25) is 0 Å². The summed E-state index contributed by atoms with van der Waals surface area (Å²) in [5.41, 5.74) is 0. The summed E-state index contributed by atoms with van der Waals surface area (Å²) in [6.07, 6.45) is 1.30. The molecule has 0 N–H and O–H groups in total. The summed E-state index contributed by atoms with van der Waals surface area (Å²) in [6, 6.07) is 9.78. The van der Waals surface area contributed by atoms with Crippen molar-refractivity contribution >= 4 is 17.9 Å². The quantitative estimate of drug-likeness (QED) is 0.329. The van der Waals surface area contributed by atoms with Gasteiger partial charge in [-0.05, 0) is 18.6 Å². The van der Waals surface area contributed by atoms with Crippen molar-refractivity contribution in [1.82, 2.24) is 0 Å². The molecule has 0 aliphatic rings. The average molecular weight is 240 g/mol. The molecule has 0 heterocycles.